The number of rotatable bonds is 0. The average Bonchev–Trinajstić information content (AvgIpc) is 2.26. The maximum Gasteiger partial charge on any atom is 0.416 e. The third-order valence-electron chi connectivity index (χ3n) is 2.14. The van der Waals surface area contributed by atoms with Crippen molar-refractivity contribution >= 4 is 10.9 Å². The first-order valence-electron chi connectivity index (χ1n) is 4.38. The largest absolute Gasteiger partial charge is 0.416 e. The van der Waals surface area contributed by atoms with Crippen molar-refractivity contribution in [2.24, 2.45) is 0 Å². The van der Waals surface area contributed by atoms with Crippen LogP contribution < -0.4 is 0 Å². The SMILES string of the molecule is N#Cc1cnc2ccc(C(F)(F)F)cc2c1. The highest BCUT2D eigenvalue weighted by molar-refractivity contribution is 5.80. The van der Waals surface area contributed by atoms with E-state index in [4.69, 9.17) is 5.26 Å². The minimum atomic E-state index is -4.38. The molecule has 0 N–H and O–H groups in total. The van der Waals surface area contributed by atoms with Crippen LogP contribution in [-0.2, 0) is 6.18 Å². The molecule has 0 spiro atoms. The molecule has 0 saturated carbocycles. The fraction of sp³-hybridized carbons (Fsp3) is 0.0909. The number of benzene rings is 1. The molecular weight excluding hydrogens is 217 g/mol. The fourth-order valence-electron chi connectivity index (χ4n) is 1.37. The molecule has 2 aromatic rings. The van der Waals surface area contributed by atoms with Crippen LogP contribution in [0.4, 0.5) is 13.2 Å². The molecule has 0 atom stereocenters. The lowest BCUT2D eigenvalue weighted by atomic mass is 10.1. The molecule has 1 aromatic heterocycles. The third kappa shape index (κ3) is 1.82. The molecule has 5 heteroatoms. The number of halogens is 3. The molecule has 0 aliphatic rings. The van der Waals surface area contributed by atoms with E-state index in [0.717, 1.165) is 12.1 Å². The van der Waals surface area contributed by atoms with Crippen LogP contribution in [0.5, 0.6) is 0 Å². The predicted molar refractivity (Wildman–Crippen MR) is 51.5 cm³/mol. The van der Waals surface area contributed by atoms with Crippen molar-refractivity contribution in [3.63, 3.8) is 0 Å². The second-order valence-electron chi connectivity index (χ2n) is 3.24. The van der Waals surface area contributed by atoms with Gasteiger partial charge >= 0.3 is 6.18 Å². The summed E-state index contributed by atoms with van der Waals surface area (Å²) in [5.41, 5.74) is -0.0595. The van der Waals surface area contributed by atoms with Gasteiger partial charge < -0.3 is 0 Å². The summed E-state index contributed by atoms with van der Waals surface area (Å²) in [6.45, 7) is 0. The van der Waals surface area contributed by atoms with Gasteiger partial charge in [0.1, 0.15) is 6.07 Å². The molecular formula is C11H5F3N2. The summed E-state index contributed by atoms with van der Waals surface area (Å²) < 4.78 is 37.2. The number of fused-ring (bicyclic) bond motifs is 1. The van der Waals surface area contributed by atoms with Crippen LogP contribution in [0, 0.1) is 11.3 Å². The Morgan fingerprint density at radius 3 is 2.56 bits per heavy atom. The Labute approximate surface area is 89.0 Å². The van der Waals surface area contributed by atoms with Crippen molar-refractivity contribution in [2.75, 3.05) is 0 Å². The second kappa shape index (κ2) is 3.49. The summed E-state index contributed by atoms with van der Waals surface area (Å²) >= 11 is 0. The lowest BCUT2D eigenvalue weighted by Gasteiger charge is -2.07. The molecule has 0 radical (unpaired) electrons. The highest BCUT2D eigenvalue weighted by Gasteiger charge is 2.30. The number of hydrogen-bond donors (Lipinski definition) is 0. The van der Waals surface area contributed by atoms with Crippen molar-refractivity contribution in [3.05, 3.63) is 41.6 Å². The van der Waals surface area contributed by atoms with Gasteiger partial charge in [-0.1, -0.05) is 0 Å². The van der Waals surface area contributed by atoms with Crippen LogP contribution in [0.2, 0.25) is 0 Å². The van der Waals surface area contributed by atoms with Crippen LogP contribution in [0.3, 0.4) is 0 Å². The Kier molecular flexibility index (Phi) is 2.27. The first-order chi connectivity index (χ1) is 7.50. The molecule has 16 heavy (non-hydrogen) atoms. The molecule has 1 aromatic carbocycles. The van der Waals surface area contributed by atoms with Crippen LogP contribution in [0.15, 0.2) is 30.5 Å². The Hall–Kier alpha value is -2.09. The average molecular weight is 222 g/mol. The number of nitrogens with zero attached hydrogens (tertiary/aromatic N) is 2. The zero-order valence-corrected chi connectivity index (χ0v) is 7.92. The lowest BCUT2D eigenvalue weighted by molar-refractivity contribution is -0.137. The minimum absolute atomic E-state index is 0.242. The maximum absolute atomic E-state index is 12.4. The topological polar surface area (TPSA) is 36.7 Å². The van der Waals surface area contributed by atoms with E-state index in [1.165, 1.54) is 18.3 Å². The van der Waals surface area contributed by atoms with Crippen LogP contribution >= 0.6 is 0 Å². The summed E-state index contributed by atoms with van der Waals surface area (Å²) in [6.07, 6.45) is -3.05. The molecule has 0 unspecified atom stereocenters. The molecule has 0 aliphatic heterocycles. The van der Waals surface area contributed by atoms with E-state index in [1.807, 2.05) is 6.07 Å². The zero-order chi connectivity index (χ0) is 11.8. The van der Waals surface area contributed by atoms with Gasteiger partial charge in [0, 0.05) is 11.6 Å². The predicted octanol–water partition coefficient (Wildman–Crippen LogP) is 3.13. The minimum Gasteiger partial charge on any atom is -0.255 e. The molecule has 2 rings (SSSR count). The van der Waals surface area contributed by atoms with E-state index in [9.17, 15) is 13.2 Å². The monoisotopic (exact) mass is 222 g/mol. The van der Waals surface area contributed by atoms with Gasteiger partial charge in [0.05, 0.1) is 16.6 Å². The number of aromatic nitrogens is 1. The first-order valence-corrected chi connectivity index (χ1v) is 4.38. The number of pyridine rings is 1. The van der Waals surface area contributed by atoms with Gasteiger partial charge in [0.2, 0.25) is 0 Å². The van der Waals surface area contributed by atoms with Crippen molar-refractivity contribution in [1.82, 2.24) is 4.98 Å². The molecule has 0 aliphatic carbocycles. The smallest absolute Gasteiger partial charge is 0.255 e. The maximum atomic E-state index is 12.4. The van der Waals surface area contributed by atoms with Crippen molar-refractivity contribution < 1.29 is 13.2 Å². The van der Waals surface area contributed by atoms with E-state index in [0.29, 0.717) is 10.9 Å². The van der Waals surface area contributed by atoms with Crippen LogP contribution in [0.25, 0.3) is 10.9 Å². The second-order valence-corrected chi connectivity index (χ2v) is 3.24. The van der Waals surface area contributed by atoms with E-state index in [1.54, 1.807) is 0 Å². The summed E-state index contributed by atoms with van der Waals surface area (Å²) in [7, 11) is 0. The van der Waals surface area contributed by atoms with Gasteiger partial charge in [-0.3, -0.25) is 4.98 Å². The molecule has 0 bridgehead atoms. The van der Waals surface area contributed by atoms with Gasteiger partial charge in [-0.15, -0.1) is 0 Å². The van der Waals surface area contributed by atoms with Crippen molar-refractivity contribution in [2.45, 2.75) is 6.18 Å². The Balaban J connectivity index is 2.65. The molecule has 2 nitrogen and oxygen atoms in total. The zero-order valence-electron chi connectivity index (χ0n) is 7.92. The van der Waals surface area contributed by atoms with Gasteiger partial charge in [-0.05, 0) is 24.3 Å². The summed E-state index contributed by atoms with van der Waals surface area (Å²) in [6, 6.07) is 6.47. The molecule has 0 amide bonds. The molecule has 1 heterocycles. The van der Waals surface area contributed by atoms with Gasteiger partial charge in [-0.2, -0.15) is 18.4 Å². The van der Waals surface area contributed by atoms with E-state index in [2.05, 4.69) is 4.98 Å². The summed E-state index contributed by atoms with van der Waals surface area (Å²) in [5, 5.41) is 8.93. The first kappa shape index (κ1) is 10.4. The molecule has 0 saturated heterocycles. The molecule has 80 valence electrons. The lowest BCUT2D eigenvalue weighted by Crippen LogP contribution is -2.04. The van der Waals surface area contributed by atoms with Crippen LogP contribution in [-0.4, -0.2) is 4.98 Å². The van der Waals surface area contributed by atoms with E-state index >= 15 is 0 Å². The third-order valence-corrected chi connectivity index (χ3v) is 2.14. The van der Waals surface area contributed by atoms with Crippen molar-refractivity contribution in [3.8, 4) is 6.07 Å². The highest BCUT2D eigenvalue weighted by atomic mass is 19.4. The Morgan fingerprint density at radius 2 is 1.94 bits per heavy atom. The van der Waals surface area contributed by atoms with E-state index in [-0.39, 0.29) is 5.56 Å². The molecule has 0 fully saturated rings. The van der Waals surface area contributed by atoms with E-state index < -0.39 is 11.7 Å². The Morgan fingerprint density at radius 1 is 1.19 bits per heavy atom. The summed E-state index contributed by atoms with van der Waals surface area (Å²) in [5.74, 6) is 0. The standard InChI is InChI=1S/C11H5F3N2/c12-11(13,14)9-1-2-10-8(4-9)3-7(5-15)6-16-10/h1-4,6H. The fourth-order valence-corrected chi connectivity index (χ4v) is 1.37. The Bertz CT molecular complexity index is 582. The van der Waals surface area contributed by atoms with Crippen molar-refractivity contribution in [1.29, 1.82) is 5.26 Å². The van der Waals surface area contributed by atoms with Gasteiger partial charge in [-0.25, -0.2) is 0 Å². The van der Waals surface area contributed by atoms with Crippen LogP contribution in [0.1, 0.15) is 11.1 Å². The quantitative estimate of drug-likeness (QED) is 0.686. The number of hydrogen-bond acceptors (Lipinski definition) is 2. The van der Waals surface area contributed by atoms with Gasteiger partial charge in [0.15, 0.2) is 0 Å². The van der Waals surface area contributed by atoms with Gasteiger partial charge in [0.25, 0.3) is 0 Å². The summed E-state index contributed by atoms with van der Waals surface area (Å²) in [4.78, 5) is 3.89. The number of alkyl halides is 3. The highest BCUT2D eigenvalue weighted by Crippen LogP contribution is 2.31. The number of nitriles is 1. The normalized spacial score (nSPS) is 11.4.